The molecule has 21 heavy (non-hydrogen) atoms. The molecule has 116 valence electrons. The first kappa shape index (κ1) is 15.8. The van der Waals surface area contributed by atoms with Crippen molar-refractivity contribution in [2.75, 3.05) is 13.1 Å². The van der Waals surface area contributed by atoms with Crippen LogP contribution in [0.2, 0.25) is 0 Å². The SMILES string of the molecule is NS(=O)(=O)c1ccc(F)c(C(=O)N2CCCCCC2)c1F. The Balaban J connectivity index is 2.45. The lowest BCUT2D eigenvalue weighted by Crippen LogP contribution is -2.33. The summed E-state index contributed by atoms with van der Waals surface area (Å²) in [6.45, 7) is 0.800. The standard InChI is InChI=1S/C13H16F2N2O3S/c14-9-5-6-10(21(16,19)20)12(15)11(9)13(18)17-7-3-1-2-4-8-17/h5-6H,1-4,7-8H2,(H2,16,19,20). The van der Waals surface area contributed by atoms with Gasteiger partial charge in [0.25, 0.3) is 5.91 Å². The fraction of sp³-hybridized carbons (Fsp3) is 0.462. The summed E-state index contributed by atoms with van der Waals surface area (Å²) in [5.41, 5.74) is -0.858. The van der Waals surface area contributed by atoms with Crippen LogP contribution in [0.15, 0.2) is 17.0 Å². The third-order valence-corrected chi connectivity index (χ3v) is 4.40. The zero-order valence-corrected chi connectivity index (χ0v) is 12.1. The largest absolute Gasteiger partial charge is 0.338 e. The predicted molar refractivity (Wildman–Crippen MR) is 72.1 cm³/mol. The van der Waals surface area contributed by atoms with Crippen LogP contribution in [-0.4, -0.2) is 32.3 Å². The first-order chi connectivity index (χ1) is 9.82. The molecule has 0 atom stereocenters. The number of primary sulfonamides is 1. The zero-order valence-electron chi connectivity index (χ0n) is 11.3. The maximum Gasteiger partial charge on any atom is 0.259 e. The molecule has 1 aliphatic heterocycles. The van der Waals surface area contributed by atoms with Gasteiger partial charge in [-0.15, -0.1) is 0 Å². The Kier molecular flexibility index (Phi) is 4.58. The maximum atomic E-state index is 14.2. The topological polar surface area (TPSA) is 80.5 Å². The molecule has 2 rings (SSSR count). The van der Waals surface area contributed by atoms with Gasteiger partial charge in [0.2, 0.25) is 10.0 Å². The third-order valence-electron chi connectivity index (χ3n) is 3.47. The normalized spacial score (nSPS) is 16.6. The highest BCUT2D eigenvalue weighted by Crippen LogP contribution is 2.23. The monoisotopic (exact) mass is 318 g/mol. The van der Waals surface area contributed by atoms with Crippen molar-refractivity contribution in [2.45, 2.75) is 30.6 Å². The molecule has 5 nitrogen and oxygen atoms in total. The highest BCUT2D eigenvalue weighted by molar-refractivity contribution is 7.89. The highest BCUT2D eigenvalue weighted by Gasteiger charge is 2.28. The molecule has 0 bridgehead atoms. The molecule has 1 saturated heterocycles. The minimum atomic E-state index is -4.36. The van der Waals surface area contributed by atoms with E-state index < -0.39 is 38.0 Å². The number of halogens is 2. The molecule has 8 heteroatoms. The number of amides is 1. The van der Waals surface area contributed by atoms with E-state index >= 15 is 0 Å². The fourth-order valence-corrected chi connectivity index (χ4v) is 2.99. The Morgan fingerprint density at radius 1 is 1.10 bits per heavy atom. The molecule has 0 unspecified atom stereocenters. The second kappa shape index (κ2) is 6.07. The van der Waals surface area contributed by atoms with E-state index in [2.05, 4.69) is 0 Å². The Morgan fingerprint density at radius 2 is 1.67 bits per heavy atom. The van der Waals surface area contributed by atoms with Crippen molar-refractivity contribution in [1.29, 1.82) is 0 Å². The van der Waals surface area contributed by atoms with Crippen molar-refractivity contribution in [2.24, 2.45) is 5.14 Å². The summed E-state index contributed by atoms with van der Waals surface area (Å²) in [7, 11) is -4.36. The molecule has 0 aliphatic carbocycles. The van der Waals surface area contributed by atoms with E-state index in [1.54, 1.807) is 0 Å². The van der Waals surface area contributed by atoms with Crippen LogP contribution >= 0.6 is 0 Å². The molecule has 0 saturated carbocycles. The lowest BCUT2D eigenvalue weighted by Gasteiger charge is -2.21. The summed E-state index contributed by atoms with van der Waals surface area (Å²) in [6, 6.07) is 1.47. The summed E-state index contributed by atoms with van der Waals surface area (Å²) in [4.78, 5) is 12.8. The summed E-state index contributed by atoms with van der Waals surface area (Å²) in [5.74, 6) is -3.35. The summed E-state index contributed by atoms with van der Waals surface area (Å²) in [5, 5.41) is 4.87. The molecule has 1 aromatic rings. The summed E-state index contributed by atoms with van der Waals surface area (Å²) >= 11 is 0. The van der Waals surface area contributed by atoms with E-state index in [0.717, 1.165) is 37.8 Å². The van der Waals surface area contributed by atoms with Gasteiger partial charge in [-0.05, 0) is 25.0 Å². The molecule has 2 N–H and O–H groups in total. The average molecular weight is 318 g/mol. The van der Waals surface area contributed by atoms with Gasteiger partial charge in [0, 0.05) is 13.1 Å². The minimum Gasteiger partial charge on any atom is -0.338 e. The fourth-order valence-electron chi connectivity index (χ4n) is 2.38. The number of likely N-dealkylation sites (tertiary alicyclic amines) is 1. The van der Waals surface area contributed by atoms with Crippen molar-refractivity contribution < 1.29 is 22.0 Å². The minimum absolute atomic E-state index is 0.400. The van der Waals surface area contributed by atoms with Crippen LogP contribution in [0.25, 0.3) is 0 Å². The van der Waals surface area contributed by atoms with Gasteiger partial charge >= 0.3 is 0 Å². The van der Waals surface area contributed by atoms with Crippen LogP contribution < -0.4 is 5.14 Å². The van der Waals surface area contributed by atoms with Crippen molar-refractivity contribution in [3.63, 3.8) is 0 Å². The number of hydrogen-bond acceptors (Lipinski definition) is 3. The van der Waals surface area contributed by atoms with Gasteiger partial charge in [0.05, 0.1) is 0 Å². The predicted octanol–water partition coefficient (Wildman–Crippen LogP) is 1.63. The summed E-state index contributed by atoms with van der Waals surface area (Å²) < 4.78 is 50.5. The molecule has 1 fully saturated rings. The van der Waals surface area contributed by atoms with Gasteiger partial charge in [-0.1, -0.05) is 12.8 Å². The highest BCUT2D eigenvalue weighted by atomic mass is 32.2. The number of nitrogens with two attached hydrogens (primary N) is 1. The Hall–Kier alpha value is -1.54. The lowest BCUT2D eigenvalue weighted by molar-refractivity contribution is 0.0751. The third kappa shape index (κ3) is 3.38. The first-order valence-electron chi connectivity index (χ1n) is 6.62. The number of benzene rings is 1. The molecule has 1 aromatic carbocycles. The smallest absolute Gasteiger partial charge is 0.259 e. The van der Waals surface area contributed by atoms with E-state index in [0.29, 0.717) is 13.1 Å². The molecule has 0 radical (unpaired) electrons. The maximum absolute atomic E-state index is 14.2. The number of carbonyl (C=O) groups is 1. The van der Waals surface area contributed by atoms with Crippen LogP contribution in [0, 0.1) is 11.6 Å². The van der Waals surface area contributed by atoms with Crippen molar-refractivity contribution in [3.8, 4) is 0 Å². The molecular weight excluding hydrogens is 302 g/mol. The molecule has 0 spiro atoms. The van der Waals surface area contributed by atoms with E-state index in [1.807, 2.05) is 0 Å². The Morgan fingerprint density at radius 3 is 2.19 bits per heavy atom. The Bertz CT molecular complexity index is 654. The van der Waals surface area contributed by atoms with Gasteiger partial charge in [-0.25, -0.2) is 22.3 Å². The van der Waals surface area contributed by atoms with Crippen molar-refractivity contribution >= 4 is 15.9 Å². The molecule has 1 aliphatic rings. The van der Waals surface area contributed by atoms with E-state index in [4.69, 9.17) is 5.14 Å². The number of sulfonamides is 1. The van der Waals surface area contributed by atoms with Crippen molar-refractivity contribution in [1.82, 2.24) is 4.90 Å². The number of carbonyl (C=O) groups excluding carboxylic acids is 1. The molecule has 0 aromatic heterocycles. The van der Waals surface area contributed by atoms with E-state index in [9.17, 15) is 22.0 Å². The number of rotatable bonds is 2. The average Bonchev–Trinajstić information content (AvgIpc) is 2.65. The second-order valence-corrected chi connectivity index (χ2v) is 6.52. The van der Waals surface area contributed by atoms with Gasteiger partial charge in [-0.3, -0.25) is 4.79 Å². The number of hydrogen-bond donors (Lipinski definition) is 1. The molecule has 1 amide bonds. The Labute approximate surface area is 121 Å². The van der Waals surface area contributed by atoms with E-state index in [1.165, 1.54) is 4.90 Å². The van der Waals surface area contributed by atoms with Gasteiger partial charge < -0.3 is 4.90 Å². The first-order valence-corrected chi connectivity index (χ1v) is 8.17. The van der Waals surface area contributed by atoms with Crippen molar-refractivity contribution in [3.05, 3.63) is 29.3 Å². The second-order valence-electron chi connectivity index (χ2n) is 4.99. The van der Waals surface area contributed by atoms with Crippen LogP contribution in [0.4, 0.5) is 8.78 Å². The van der Waals surface area contributed by atoms with Gasteiger partial charge in [0.1, 0.15) is 16.3 Å². The zero-order chi connectivity index (χ0) is 15.6. The summed E-state index contributed by atoms with van der Waals surface area (Å²) in [6.07, 6.45) is 3.41. The molecule has 1 heterocycles. The van der Waals surface area contributed by atoms with Crippen LogP contribution in [0.5, 0.6) is 0 Å². The van der Waals surface area contributed by atoms with Gasteiger partial charge in [-0.2, -0.15) is 0 Å². The van der Waals surface area contributed by atoms with E-state index in [-0.39, 0.29) is 0 Å². The van der Waals surface area contributed by atoms with Crippen LogP contribution in [0.1, 0.15) is 36.0 Å². The van der Waals surface area contributed by atoms with Crippen LogP contribution in [-0.2, 0) is 10.0 Å². The quantitative estimate of drug-likeness (QED) is 0.900. The lowest BCUT2D eigenvalue weighted by atomic mass is 10.1. The molecular formula is C13H16F2N2O3S. The van der Waals surface area contributed by atoms with Crippen LogP contribution in [0.3, 0.4) is 0 Å². The van der Waals surface area contributed by atoms with Gasteiger partial charge in [0.15, 0.2) is 5.82 Å². The number of nitrogens with zero attached hydrogens (tertiary/aromatic N) is 1.